The maximum atomic E-state index is 9.97. The first-order valence-corrected chi connectivity index (χ1v) is 4.63. The standard InChI is InChI=1S/C9H14O3/c10-7-11-12-9-4-1-8(2-5-9)3-6-9/h7-8H,1-6H2. The van der Waals surface area contributed by atoms with Crippen LogP contribution in [0.25, 0.3) is 0 Å². The molecule has 0 aromatic carbocycles. The van der Waals surface area contributed by atoms with Crippen molar-refractivity contribution in [3.63, 3.8) is 0 Å². The summed E-state index contributed by atoms with van der Waals surface area (Å²) in [6.45, 7) is 0.370. The monoisotopic (exact) mass is 170 g/mol. The highest BCUT2D eigenvalue weighted by Gasteiger charge is 2.42. The van der Waals surface area contributed by atoms with E-state index in [1.54, 1.807) is 0 Å². The molecule has 0 radical (unpaired) electrons. The molecule has 2 bridgehead atoms. The van der Waals surface area contributed by atoms with Crippen molar-refractivity contribution >= 4 is 6.47 Å². The van der Waals surface area contributed by atoms with Gasteiger partial charge in [0.05, 0.1) is 0 Å². The smallest absolute Gasteiger partial charge is 0.301 e. The van der Waals surface area contributed by atoms with Gasteiger partial charge < -0.3 is 4.89 Å². The largest absolute Gasteiger partial charge is 0.330 e. The third-order valence-electron chi connectivity index (χ3n) is 3.29. The van der Waals surface area contributed by atoms with Crippen molar-refractivity contribution in [1.29, 1.82) is 0 Å². The van der Waals surface area contributed by atoms with Crippen LogP contribution in [0.3, 0.4) is 0 Å². The van der Waals surface area contributed by atoms with Crippen LogP contribution in [-0.4, -0.2) is 12.1 Å². The summed E-state index contributed by atoms with van der Waals surface area (Å²) in [5.74, 6) is 0.909. The number of hydrogen-bond donors (Lipinski definition) is 0. The Bertz CT molecular complexity index is 157. The first-order valence-electron chi connectivity index (χ1n) is 4.63. The summed E-state index contributed by atoms with van der Waals surface area (Å²) in [6.07, 6.45) is 6.90. The fourth-order valence-electron chi connectivity index (χ4n) is 2.46. The van der Waals surface area contributed by atoms with Crippen LogP contribution in [0, 0.1) is 5.92 Å². The first-order chi connectivity index (χ1) is 5.85. The molecule has 0 unspecified atom stereocenters. The molecule has 0 N–H and O–H groups in total. The summed E-state index contributed by atoms with van der Waals surface area (Å²) in [4.78, 5) is 19.5. The van der Waals surface area contributed by atoms with Gasteiger partial charge >= 0.3 is 6.47 Å². The van der Waals surface area contributed by atoms with Gasteiger partial charge in [0.2, 0.25) is 0 Å². The van der Waals surface area contributed by atoms with Crippen molar-refractivity contribution in [3.8, 4) is 0 Å². The molecule has 3 saturated carbocycles. The molecule has 68 valence electrons. The number of hydrogen-bond acceptors (Lipinski definition) is 3. The summed E-state index contributed by atoms with van der Waals surface area (Å²) >= 11 is 0. The molecule has 3 rings (SSSR count). The van der Waals surface area contributed by atoms with Crippen molar-refractivity contribution in [2.45, 2.75) is 44.1 Å². The first kappa shape index (κ1) is 8.05. The van der Waals surface area contributed by atoms with Gasteiger partial charge in [-0.2, -0.15) is 4.89 Å². The Morgan fingerprint density at radius 2 is 1.75 bits per heavy atom. The highest BCUT2D eigenvalue weighted by atomic mass is 17.2. The van der Waals surface area contributed by atoms with E-state index in [9.17, 15) is 4.79 Å². The molecule has 0 amide bonds. The van der Waals surface area contributed by atoms with Crippen LogP contribution in [0.4, 0.5) is 0 Å². The molecule has 3 nitrogen and oxygen atoms in total. The summed E-state index contributed by atoms with van der Waals surface area (Å²) in [5.41, 5.74) is -0.115. The second-order valence-electron chi connectivity index (χ2n) is 3.94. The molecule has 0 spiro atoms. The molecular weight excluding hydrogens is 156 g/mol. The van der Waals surface area contributed by atoms with Gasteiger partial charge in [0, 0.05) is 0 Å². The molecule has 3 fully saturated rings. The zero-order chi connectivity index (χ0) is 8.44. The molecule has 0 saturated heterocycles. The zero-order valence-corrected chi connectivity index (χ0v) is 7.12. The van der Waals surface area contributed by atoms with Crippen molar-refractivity contribution in [2.24, 2.45) is 5.92 Å². The van der Waals surface area contributed by atoms with Crippen LogP contribution in [-0.2, 0) is 14.6 Å². The third kappa shape index (κ3) is 1.33. The number of carbonyl (C=O) groups excluding carboxylic acids is 1. The van der Waals surface area contributed by atoms with Gasteiger partial charge in [-0.1, -0.05) is 0 Å². The van der Waals surface area contributed by atoms with Crippen molar-refractivity contribution in [3.05, 3.63) is 0 Å². The molecule has 0 aromatic rings. The van der Waals surface area contributed by atoms with Gasteiger partial charge in [-0.05, 0) is 44.4 Å². The van der Waals surface area contributed by atoms with Crippen LogP contribution in [0.5, 0.6) is 0 Å². The Labute approximate surface area is 72.0 Å². The van der Waals surface area contributed by atoms with Gasteiger partial charge in [-0.3, -0.25) is 4.79 Å². The summed E-state index contributed by atoms with van der Waals surface area (Å²) in [6, 6.07) is 0. The molecule has 0 aliphatic heterocycles. The predicted octanol–water partition coefficient (Wildman–Crippen LogP) is 1.81. The lowest BCUT2D eigenvalue weighted by molar-refractivity contribution is -0.340. The lowest BCUT2D eigenvalue weighted by Gasteiger charge is -2.43. The Hall–Kier alpha value is -0.570. The minimum atomic E-state index is -0.115. The Balaban J connectivity index is 1.94. The highest BCUT2D eigenvalue weighted by Crippen LogP contribution is 2.46. The zero-order valence-electron chi connectivity index (χ0n) is 7.12. The van der Waals surface area contributed by atoms with E-state index in [-0.39, 0.29) is 5.60 Å². The van der Waals surface area contributed by atoms with Gasteiger partial charge in [0.25, 0.3) is 0 Å². The quantitative estimate of drug-likeness (QED) is 0.368. The average molecular weight is 170 g/mol. The molecule has 0 atom stereocenters. The fraction of sp³-hybridized carbons (Fsp3) is 0.889. The van der Waals surface area contributed by atoms with E-state index < -0.39 is 0 Å². The van der Waals surface area contributed by atoms with Gasteiger partial charge in [0.15, 0.2) is 0 Å². The summed E-state index contributed by atoms with van der Waals surface area (Å²) in [7, 11) is 0. The molecule has 3 aliphatic carbocycles. The van der Waals surface area contributed by atoms with Gasteiger partial charge in [-0.25, -0.2) is 0 Å². The molecule has 0 aromatic heterocycles. The molecule has 12 heavy (non-hydrogen) atoms. The van der Waals surface area contributed by atoms with E-state index in [4.69, 9.17) is 4.89 Å². The fourth-order valence-corrected chi connectivity index (χ4v) is 2.46. The van der Waals surface area contributed by atoms with Crippen LogP contribution >= 0.6 is 0 Å². The Morgan fingerprint density at radius 3 is 2.25 bits per heavy atom. The van der Waals surface area contributed by atoms with E-state index in [1.165, 1.54) is 19.3 Å². The maximum Gasteiger partial charge on any atom is 0.330 e. The SMILES string of the molecule is O=COOC12CCC(CC1)CC2. The van der Waals surface area contributed by atoms with E-state index >= 15 is 0 Å². The number of rotatable bonds is 3. The lowest BCUT2D eigenvalue weighted by Crippen LogP contribution is -2.42. The van der Waals surface area contributed by atoms with Gasteiger partial charge in [0.1, 0.15) is 5.60 Å². The molecule has 3 heteroatoms. The molecule has 3 aliphatic rings. The highest BCUT2D eigenvalue weighted by molar-refractivity contribution is 5.35. The minimum Gasteiger partial charge on any atom is -0.301 e. The van der Waals surface area contributed by atoms with Crippen molar-refractivity contribution in [2.75, 3.05) is 0 Å². The number of carbonyl (C=O) groups is 1. The Kier molecular flexibility index (Phi) is 2.05. The second kappa shape index (κ2) is 3.05. The van der Waals surface area contributed by atoms with Crippen LogP contribution < -0.4 is 0 Å². The minimum absolute atomic E-state index is 0.115. The van der Waals surface area contributed by atoms with E-state index in [1.807, 2.05) is 0 Å². The third-order valence-corrected chi connectivity index (χ3v) is 3.29. The predicted molar refractivity (Wildman–Crippen MR) is 42.2 cm³/mol. The summed E-state index contributed by atoms with van der Waals surface area (Å²) < 4.78 is 0. The van der Waals surface area contributed by atoms with Crippen LogP contribution in [0.2, 0.25) is 0 Å². The van der Waals surface area contributed by atoms with Crippen molar-refractivity contribution in [1.82, 2.24) is 0 Å². The number of fused-ring (bicyclic) bond motifs is 3. The summed E-state index contributed by atoms with van der Waals surface area (Å²) in [5, 5.41) is 0. The van der Waals surface area contributed by atoms with Crippen LogP contribution in [0.1, 0.15) is 38.5 Å². The average Bonchev–Trinajstić information content (AvgIpc) is 2.18. The van der Waals surface area contributed by atoms with Crippen molar-refractivity contribution < 1.29 is 14.6 Å². The Morgan fingerprint density at radius 1 is 1.17 bits per heavy atom. The molecule has 0 heterocycles. The lowest BCUT2D eigenvalue weighted by atomic mass is 9.68. The van der Waals surface area contributed by atoms with Gasteiger partial charge in [-0.15, -0.1) is 0 Å². The molecular formula is C9H14O3. The maximum absolute atomic E-state index is 9.97. The van der Waals surface area contributed by atoms with E-state index in [2.05, 4.69) is 4.89 Å². The van der Waals surface area contributed by atoms with E-state index in [0.717, 1.165) is 25.2 Å². The second-order valence-corrected chi connectivity index (χ2v) is 3.94. The normalized spacial score (nSPS) is 39.5. The van der Waals surface area contributed by atoms with Crippen LogP contribution in [0.15, 0.2) is 0 Å². The topological polar surface area (TPSA) is 35.5 Å². The van der Waals surface area contributed by atoms with E-state index in [0.29, 0.717) is 6.47 Å².